The van der Waals surface area contributed by atoms with Gasteiger partial charge in [-0.2, -0.15) is 0 Å². The molecule has 1 heterocycles. The van der Waals surface area contributed by atoms with E-state index < -0.39 is 0 Å². The van der Waals surface area contributed by atoms with Crippen LogP contribution < -0.4 is 10.6 Å². The van der Waals surface area contributed by atoms with E-state index >= 15 is 0 Å². The summed E-state index contributed by atoms with van der Waals surface area (Å²) in [5.74, 6) is -0.275. The Hall–Kier alpha value is -2.14. The van der Waals surface area contributed by atoms with E-state index in [0.29, 0.717) is 16.3 Å². The van der Waals surface area contributed by atoms with Gasteiger partial charge in [-0.15, -0.1) is 11.3 Å². The number of hydrogen-bond acceptors (Lipinski definition) is 3. The van der Waals surface area contributed by atoms with Crippen molar-refractivity contribution in [2.24, 2.45) is 0 Å². The first-order valence-electron chi connectivity index (χ1n) is 5.80. The van der Waals surface area contributed by atoms with E-state index in [1.807, 2.05) is 24.4 Å². The topological polar surface area (TPSA) is 58.2 Å². The van der Waals surface area contributed by atoms with Gasteiger partial charge in [-0.25, -0.2) is 0 Å². The second kappa shape index (κ2) is 5.67. The number of rotatable bonds is 3. The standard InChI is InChI=1S/C14H14N2O2S/c1-9-11(15-10(2)17)5-3-6-12(9)16-14(18)13-7-4-8-19-13/h3-8H,1-2H3,(H,15,17)(H,16,18). The lowest BCUT2D eigenvalue weighted by Crippen LogP contribution is -2.13. The van der Waals surface area contributed by atoms with Gasteiger partial charge < -0.3 is 10.6 Å². The molecule has 0 saturated heterocycles. The minimum absolute atomic E-state index is 0.134. The van der Waals surface area contributed by atoms with E-state index in [0.717, 1.165) is 5.56 Å². The first kappa shape index (κ1) is 13.3. The van der Waals surface area contributed by atoms with E-state index in [9.17, 15) is 9.59 Å². The molecule has 2 amide bonds. The monoisotopic (exact) mass is 274 g/mol. The van der Waals surface area contributed by atoms with Crippen molar-refractivity contribution in [3.63, 3.8) is 0 Å². The van der Waals surface area contributed by atoms with Crippen LogP contribution in [-0.2, 0) is 4.79 Å². The maximum absolute atomic E-state index is 12.0. The molecule has 0 aliphatic heterocycles. The Morgan fingerprint density at radius 3 is 2.32 bits per heavy atom. The summed E-state index contributed by atoms with van der Waals surface area (Å²) >= 11 is 1.39. The number of amides is 2. The lowest BCUT2D eigenvalue weighted by atomic mass is 10.1. The fourth-order valence-electron chi connectivity index (χ4n) is 1.69. The third kappa shape index (κ3) is 3.20. The Balaban J connectivity index is 2.21. The van der Waals surface area contributed by atoms with Crippen LogP contribution in [0.2, 0.25) is 0 Å². The molecule has 2 N–H and O–H groups in total. The number of hydrogen-bond donors (Lipinski definition) is 2. The van der Waals surface area contributed by atoms with Gasteiger partial charge in [0.05, 0.1) is 4.88 Å². The number of carbonyl (C=O) groups excluding carboxylic acids is 2. The van der Waals surface area contributed by atoms with Gasteiger partial charge in [-0.3, -0.25) is 9.59 Å². The molecule has 0 spiro atoms. The molecule has 98 valence electrons. The summed E-state index contributed by atoms with van der Waals surface area (Å²) in [4.78, 5) is 23.7. The fourth-order valence-corrected chi connectivity index (χ4v) is 2.31. The molecule has 4 nitrogen and oxygen atoms in total. The maximum atomic E-state index is 12.0. The molecular formula is C14H14N2O2S. The molecule has 0 fully saturated rings. The second-order valence-electron chi connectivity index (χ2n) is 4.09. The average molecular weight is 274 g/mol. The zero-order chi connectivity index (χ0) is 13.8. The van der Waals surface area contributed by atoms with Crippen molar-refractivity contribution in [1.29, 1.82) is 0 Å². The summed E-state index contributed by atoms with van der Waals surface area (Å²) in [7, 11) is 0. The van der Waals surface area contributed by atoms with Gasteiger partial charge in [-0.1, -0.05) is 12.1 Å². The smallest absolute Gasteiger partial charge is 0.265 e. The summed E-state index contributed by atoms with van der Waals surface area (Å²) in [6.45, 7) is 3.31. The van der Waals surface area contributed by atoms with Crippen molar-refractivity contribution in [1.82, 2.24) is 0 Å². The number of benzene rings is 1. The van der Waals surface area contributed by atoms with Crippen LogP contribution >= 0.6 is 11.3 Å². The molecule has 2 rings (SSSR count). The molecule has 0 saturated carbocycles. The molecule has 2 aromatic rings. The highest BCUT2D eigenvalue weighted by Crippen LogP contribution is 2.24. The fraction of sp³-hybridized carbons (Fsp3) is 0.143. The van der Waals surface area contributed by atoms with E-state index in [4.69, 9.17) is 0 Å². The van der Waals surface area contributed by atoms with Crippen LogP contribution in [0.25, 0.3) is 0 Å². The predicted octanol–water partition coefficient (Wildman–Crippen LogP) is 3.27. The summed E-state index contributed by atoms with van der Waals surface area (Å²) in [5.41, 5.74) is 2.24. The second-order valence-corrected chi connectivity index (χ2v) is 5.04. The van der Waals surface area contributed by atoms with Gasteiger partial charge in [0.15, 0.2) is 0 Å². The first-order valence-corrected chi connectivity index (χ1v) is 6.68. The first-order chi connectivity index (χ1) is 9.08. The van der Waals surface area contributed by atoms with E-state index in [-0.39, 0.29) is 11.8 Å². The van der Waals surface area contributed by atoms with Crippen LogP contribution in [0.3, 0.4) is 0 Å². The van der Waals surface area contributed by atoms with Crippen LogP contribution in [0.4, 0.5) is 11.4 Å². The van der Waals surface area contributed by atoms with Crippen LogP contribution in [0, 0.1) is 6.92 Å². The molecule has 0 radical (unpaired) electrons. The Bertz CT molecular complexity index is 606. The predicted molar refractivity (Wildman–Crippen MR) is 77.8 cm³/mol. The van der Waals surface area contributed by atoms with Crippen LogP contribution in [0.1, 0.15) is 22.2 Å². The number of anilines is 2. The molecule has 0 aliphatic carbocycles. The van der Waals surface area contributed by atoms with Crippen molar-refractivity contribution in [2.75, 3.05) is 10.6 Å². The molecule has 1 aromatic carbocycles. The van der Waals surface area contributed by atoms with E-state index in [2.05, 4.69) is 10.6 Å². The quantitative estimate of drug-likeness (QED) is 0.902. The largest absolute Gasteiger partial charge is 0.326 e. The van der Waals surface area contributed by atoms with Crippen LogP contribution in [0.15, 0.2) is 35.7 Å². The Morgan fingerprint density at radius 1 is 1.05 bits per heavy atom. The minimum atomic E-state index is -0.141. The van der Waals surface area contributed by atoms with Gasteiger partial charge in [0.25, 0.3) is 5.91 Å². The lowest BCUT2D eigenvalue weighted by Gasteiger charge is -2.12. The van der Waals surface area contributed by atoms with Crippen molar-refractivity contribution < 1.29 is 9.59 Å². The van der Waals surface area contributed by atoms with Gasteiger partial charge >= 0.3 is 0 Å². The van der Waals surface area contributed by atoms with Crippen molar-refractivity contribution in [3.05, 3.63) is 46.2 Å². The van der Waals surface area contributed by atoms with Crippen molar-refractivity contribution >= 4 is 34.5 Å². The summed E-state index contributed by atoms with van der Waals surface area (Å²) in [6, 6.07) is 9.01. The third-order valence-electron chi connectivity index (χ3n) is 2.64. The molecule has 19 heavy (non-hydrogen) atoms. The van der Waals surface area contributed by atoms with Crippen LogP contribution in [-0.4, -0.2) is 11.8 Å². The van der Waals surface area contributed by atoms with Gasteiger partial charge in [0.1, 0.15) is 0 Å². The van der Waals surface area contributed by atoms with Crippen molar-refractivity contribution in [2.45, 2.75) is 13.8 Å². The maximum Gasteiger partial charge on any atom is 0.265 e. The molecule has 0 atom stereocenters. The SMILES string of the molecule is CC(=O)Nc1cccc(NC(=O)c2cccs2)c1C. The Kier molecular flexibility index (Phi) is 3.97. The van der Waals surface area contributed by atoms with Crippen molar-refractivity contribution in [3.8, 4) is 0 Å². The normalized spacial score (nSPS) is 10.0. The highest BCUT2D eigenvalue weighted by molar-refractivity contribution is 7.12. The van der Waals surface area contributed by atoms with Gasteiger partial charge in [0, 0.05) is 18.3 Å². The Morgan fingerprint density at radius 2 is 1.74 bits per heavy atom. The molecule has 0 aliphatic rings. The molecular weight excluding hydrogens is 260 g/mol. The number of thiophene rings is 1. The highest BCUT2D eigenvalue weighted by atomic mass is 32.1. The third-order valence-corrected chi connectivity index (χ3v) is 3.51. The summed E-state index contributed by atoms with van der Waals surface area (Å²) < 4.78 is 0. The average Bonchev–Trinajstić information content (AvgIpc) is 2.87. The summed E-state index contributed by atoms with van der Waals surface area (Å²) in [5, 5.41) is 7.44. The van der Waals surface area contributed by atoms with E-state index in [1.165, 1.54) is 18.3 Å². The molecule has 0 bridgehead atoms. The Labute approximate surface area is 115 Å². The summed E-state index contributed by atoms with van der Waals surface area (Å²) in [6.07, 6.45) is 0. The zero-order valence-electron chi connectivity index (χ0n) is 10.7. The molecule has 0 unspecified atom stereocenters. The number of carbonyl (C=O) groups is 2. The zero-order valence-corrected chi connectivity index (χ0v) is 11.5. The van der Waals surface area contributed by atoms with Gasteiger partial charge in [0.2, 0.25) is 5.91 Å². The number of nitrogens with one attached hydrogen (secondary N) is 2. The highest BCUT2D eigenvalue weighted by Gasteiger charge is 2.10. The van der Waals surface area contributed by atoms with Crippen LogP contribution in [0.5, 0.6) is 0 Å². The minimum Gasteiger partial charge on any atom is -0.326 e. The molecule has 5 heteroatoms. The van der Waals surface area contributed by atoms with Gasteiger partial charge in [-0.05, 0) is 36.1 Å². The molecule has 1 aromatic heterocycles. The lowest BCUT2D eigenvalue weighted by molar-refractivity contribution is -0.114. The van der Waals surface area contributed by atoms with E-state index in [1.54, 1.807) is 18.2 Å².